The quantitative estimate of drug-likeness (QED) is 0.380. The lowest BCUT2D eigenvalue weighted by Gasteiger charge is -2.13. The number of para-hydroxylation sites is 2. The van der Waals surface area contributed by atoms with Crippen LogP contribution in [0.25, 0.3) is 5.69 Å². The Morgan fingerprint density at radius 1 is 1.19 bits per heavy atom. The molecule has 0 aliphatic rings. The monoisotopic (exact) mass is 353 g/mol. The van der Waals surface area contributed by atoms with Gasteiger partial charge in [-0.1, -0.05) is 36.4 Å². The highest BCUT2D eigenvalue weighted by molar-refractivity contribution is 5.74. The maximum atomic E-state index is 12.2. The Hall–Kier alpha value is -3.62. The number of esters is 1. The van der Waals surface area contributed by atoms with Crippen molar-refractivity contribution in [3.8, 4) is 5.69 Å². The number of carbonyl (C=O) groups is 1. The van der Waals surface area contributed by atoms with Gasteiger partial charge in [-0.15, -0.1) is 5.10 Å². The van der Waals surface area contributed by atoms with E-state index in [1.54, 1.807) is 19.1 Å². The van der Waals surface area contributed by atoms with E-state index in [0.717, 1.165) is 5.69 Å². The second-order valence-corrected chi connectivity index (χ2v) is 5.48. The summed E-state index contributed by atoms with van der Waals surface area (Å²) in [6.45, 7) is 1.64. The molecule has 3 aromatic rings. The third kappa shape index (κ3) is 3.72. The summed E-state index contributed by atoms with van der Waals surface area (Å²) in [7, 11) is 0. The summed E-state index contributed by atoms with van der Waals surface area (Å²) in [6.07, 6.45) is -0.936. The fraction of sp³-hybridized carbons (Fsp3) is 0.176. The molecule has 0 saturated carbocycles. The van der Waals surface area contributed by atoms with Gasteiger partial charge in [-0.2, -0.15) is 4.68 Å². The minimum atomic E-state index is -0.722. The van der Waals surface area contributed by atoms with E-state index in [0.29, 0.717) is 5.82 Å². The molecule has 132 valence electrons. The molecule has 9 heteroatoms. The van der Waals surface area contributed by atoms with Crippen LogP contribution in [0.3, 0.4) is 0 Å². The minimum absolute atomic E-state index is 0.119. The number of tetrazole rings is 1. The number of rotatable bonds is 6. The van der Waals surface area contributed by atoms with E-state index in [2.05, 4.69) is 15.5 Å². The smallest absolute Gasteiger partial charge is 0.311 e. The average molecular weight is 353 g/mol. The zero-order chi connectivity index (χ0) is 18.5. The predicted molar refractivity (Wildman–Crippen MR) is 90.5 cm³/mol. The highest BCUT2D eigenvalue weighted by atomic mass is 16.6. The molecule has 9 nitrogen and oxygen atoms in total. The van der Waals surface area contributed by atoms with Crippen molar-refractivity contribution >= 4 is 11.7 Å². The standard InChI is InChI=1S/C17H15N5O4/c1-12(17-18-19-20-21(17)14-8-3-2-4-9-14)26-16(23)11-13-7-5-6-10-15(13)22(24)25/h2-10,12H,11H2,1H3/t12-/m0/s1. The number of hydrogen-bond donors (Lipinski definition) is 0. The zero-order valence-corrected chi connectivity index (χ0v) is 13.8. The van der Waals surface area contributed by atoms with Gasteiger partial charge in [0, 0.05) is 11.6 Å². The predicted octanol–water partition coefficient (Wildman–Crippen LogP) is 2.42. The van der Waals surface area contributed by atoms with Crippen LogP contribution < -0.4 is 0 Å². The number of benzene rings is 2. The number of hydrogen-bond acceptors (Lipinski definition) is 7. The number of ether oxygens (including phenoxy) is 1. The number of nitro benzene ring substituents is 1. The van der Waals surface area contributed by atoms with Crippen LogP contribution in [0.4, 0.5) is 5.69 Å². The first-order valence-corrected chi connectivity index (χ1v) is 7.81. The normalized spacial score (nSPS) is 11.7. The summed E-state index contributed by atoms with van der Waals surface area (Å²) in [6, 6.07) is 15.2. The van der Waals surface area contributed by atoms with E-state index in [1.807, 2.05) is 30.3 Å². The molecule has 1 heterocycles. The van der Waals surface area contributed by atoms with Crippen molar-refractivity contribution in [2.75, 3.05) is 0 Å². The summed E-state index contributed by atoms with van der Waals surface area (Å²) in [5.74, 6) is -0.249. The molecule has 0 N–H and O–H groups in total. The Bertz CT molecular complexity index is 926. The lowest BCUT2D eigenvalue weighted by Crippen LogP contribution is -2.16. The molecule has 1 atom stereocenters. The first-order chi connectivity index (χ1) is 12.6. The van der Waals surface area contributed by atoms with Crippen LogP contribution in [0.1, 0.15) is 24.4 Å². The van der Waals surface area contributed by atoms with E-state index in [9.17, 15) is 14.9 Å². The highest BCUT2D eigenvalue weighted by Crippen LogP contribution is 2.21. The first kappa shape index (κ1) is 17.2. The van der Waals surface area contributed by atoms with E-state index in [-0.39, 0.29) is 17.7 Å². The molecule has 0 unspecified atom stereocenters. The lowest BCUT2D eigenvalue weighted by molar-refractivity contribution is -0.385. The highest BCUT2D eigenvalue weighted by Gasteiger charge is 2.22. The van der Waals surface area contributed by atoms with Crippen molar-refractivity contribution in [2.24, 2.45) is 0 Å². The van der Waals surface area contributed by atoms with Crippen LogP contribution in [0.2, 0.25) is 0 Å². The molecule has 0 aliphatic heterocycles. The molecule has 1 aromatic heterocycles. The zero-order valence-electron chi connectivity index (χ0n) is 13.8. The van der Waals surface area contributed by atoms with Crippen LogP contribution >= 0.6 is 0 Å². The fourth-order valence-corrected chi connectivity index (χ4v) is 2.49. The molecule has 0 bridgehead atoms. The molecule has 0 spiro atoms. The SMILES string of the molecule is C[C@H](OC(=O)Cc1ccccc1[N+](=O)[O-])c1nnnn1-c1ccccc1. The van der Waals surface area contributed by atoms with E-state index < -0.39 is 17.0 Å². The molecule has 26 heavy (non-hydrogen) atoms. The van der Waals surface area contributed by atoms with Crippen molar-refractivity contribution in [1.82, 2.24) is 20.2 Å². The summed E-state index contributed by atoms with van der Waals surface area (Å²) in [4.78, 5) is 22.7. The minimum Gasteiger partial charge on any atom is -0.454 e. The molecule has 2 aromatic carbocycles. The lowest BCUT2D eigenvalue weighted by atomic mass is 10.1. The van der Waals surface area contributed by atoms with Crippen molar-refractivity contribution < 1.29 is 14.5 Å². The Balaban J connectivity index is 1.74. The van der Waals surface area contributed by atoms with Crippen molar-refractivity contribution in [2.45, 2.75) is 19.4 Å². The van der Waals surface area contributed by atoms with Gasteiger partial charge in [0.25, 0.3) is 5.69 Å². The third-order valence-electron chi connectivity index (χ3n) is 3.69. The topological polar surface area (TPSA) is 113 Å². The largest absolute Gasteiger partial charge is 0.454 e. The molecular weight excluding hydrogens is 338 g/mol. The molecule has 0 amide bonds. The average Bonchev–Trinajstić information content (AvgIpc) is 3.12. The molecule has 0 aliphatic carbocycles. The van der Waals surface area contributed by atoms with Gasteiger partial charge in [-0.3, -0.25) is 14.9 Å². The van der Waals surface area contributed by atoms with Crippen LogP contribution in [0, 0.1) is 10.1 Å². The third-order valence-corrected chi connectivity index (χ3v) is 3.69. The van der Waals surface area contributed by atoms with Gasteiger partial charge in [-0.05, 0) is 29.5 Å². The van der Waals surface area contributed by atoms with Crippen molar-refractivity contribution in [3.63, 3.8) is 0 Å². The second kappa shape index (κ2) is 7.51. The van der Waals surface area contributed by atoms with Crippen molar-refractivity contribution in [1.29, 1.82) is 0 Å². The van der Waals surface area contributed by atoms with Gasteiger partial charge < -0.3 is 4.74 Å². The van der Waals surface area contributed by atoms with Gasteiger partial charge in [-0.25, -0.2) is 0 Å². The van der Waals surface area contributed by atoms with Gasteiger partial charge in [0.2, 0.25) is 0 Å². The Morgan fingerprint density at radius 3 is 2.62 bits per heavy atom. The molecule has 0 radical (unpaired) electrons. The first-order valence-electron chi connectivity index (χ1n) is 7.81. The summed E-state index contributed by atoms with van der Waals surface area (Å²) in [5, 5.41) is 22.5. The van der Waals surface area contributed by atoms with Crippen LogP contribution in [0.15, 0.2) is 54.6 Å². The van der Waals surface area contributed by atoms with Gasteiger partial charge in [0.05, 0.1) is 17.0 Å². The summed E-state index contributed by atoms with van der Waals surface area (Å²) < 4.78 is 6.85. The van der Waals surface area contributed by atoms with Crippen LogP contribution in [-0.2, 0) is 16.0 Å². The van der Waals surface area contributed by atoms with Gasteiger partial charge >= 0.3 is 5.97 Å². The number of aromatic nitrogens is 4. The number of carbonyl (C=O) groups excluding carboxylic acids is 1. The van der Waals surface area contributed by atoms with E-state index >= 15 is 0 Å². The summed E-state index contributed by atoms with van der Waals surface area (Å²) >= 11 is 0. The van der Waals surface area contributed by atoms with Crippen LogP contribution in [-0.4, -0.2) is 31.1 Å². The maximum absolute atomic E-state index is 12.2. The molecule has 3 rings (SSSR count). The Labute approximate surface area is 148 Å². The molecule has 0 saturated heterocycles. The Kier molecular flexibility index (Phi) is 4.97. The van der Waals surface area contributed by atoms with E-state index in [4.69, 9.17) is 4.74 Å². The van der Waals surface area contributed by atoms with Crippen molar-refractivity contribution in [3.05, 3.63) is 76.1 Å². The summed E-state index contributed by atoms with van der Waals surface area (Å²) in [5.41, 5.74) is 0.901. The van der Waals surface area contributed by atoms with Gasteiger partial charge in [0.15, 0.2) is 11.9 Å². The molecular formula is C17H15N5O4. The second-order valence-electron chi connectivity index (χ2n) is 5.48. The van der Waals surface area contributed by atoms with E-state index in [1.165, 1.54) is 16.8 Å². The van der Waals surface area contributed by atoms with Gasteiger partial charge in [0.1, 0.15) is 0 Å². The number of nitrogens with zero attached hydrogens (tertiary/aromatic N) is 5. The van der Waals surface area contributed by atoms with Crippen LogP contribution in [0.5, 0.6) is 0 Å². The number of nitro groups is 1. The molecule has 0 fully saturated rings. The fourth-order valence-electron chi connectivity index (χ4n) is 2.49. The Morgan fingerprint density at radius 2 is 1.88 bits per heavy atom. The maximum Gasteiger partial charge on any atom is 0.311 e.